The van der Waals surface area contributed by atoms with Gasteiger partial charge in [-0.3, -0.25) is 9.59 Å². The smallest absolute Gasteiger partial charge is 0.308 e. The maximum atomic E-state index is 14.4. The largest absolute Gasteiger partial charge is 0.461 e. The molecule has 0 radical (unpaired) electrons. The highest BCUT2D eigenvalue weighted by molar-refractivity contribution is 9.09. The first kappa shape index (κ1) is 21.7. The molecule has 0 heterocycles. The summed E-state index contributed by atoms with van der Waals surface area (Å²) in [4.78, 5) is 22.9. The first-order chi connectivity index (χ1) is 12.7. The summed E-state index contributed by atoms with van der Waals surface area (Å²) in [6.07, 6.45) is -0.450. The molecule has 1 atom stereocenters. The van der Waals surface area contributed by atoms with Gasteiger partial charge in [0.05, 0.1) is 10.0 Å². The van der Waals surface area contributed by atoms with E-state index < -0.39 is 23.9 Å². The normalized spacial score (nSPS) is 11.8. The van der Waals surface area contributed by atoms with Crippen LogP contribution >= 0.6 is 39.1 Å². The maximum absolute atomic E-state index is 14.4. The molecule has 144 valence electrons. The summed E-state index contributed by atoms with van der Waals surface area (Å²) in [6.45, 7) is 2.52. The quantitative estimate of drug-likeness (QED) is 0.309. The fourth-order valence-corrected chi connectivity index (χ4v) is 3.58. The highest BCUT2D eigenvalue weighted by Crippen LogP contribution is 2.42. The standard InChI is InChI=1S/C19H16BrCl2FO4/c1-10(24)26-14(9-20)7-12-6-13(23)8-15(19(12)27-11(2)25)18-16(21)4-3-5-17(18)22/h3-6,8,14H,7,9H2,1-2H3. The number of alkyl halides is 1. The number of rotatable bonds is 6. The molecule has 4 nitrogen and oxygen atoms in total. The van der Waals surface area contributed by atoms with Crippen LogP contribution in [0.3, 0.4) is 0 Å². The molecule has 0 fully saturated rings. The van der Waals surface area contributed by atoms with Crippen molar-refractivity contribution in [3.05, 3.63) is 51.8 Å². The summed E-state index contributed by atoms with van der Waals surface area (Å²) >= 11 is 15.8. The Morgan fingerprint density at radius 1 is 1.15 bits per heavy atom. The van der Waals surface area contributed by atoms with Crippen molar-refractivity contribution in [3.63, 3.8) is 0 Å². The number of carbonyl (C=O) groups excluding carboxylic acids is 2. The van der Waals surface area contributed by atoms with E-state index in [0.29, 0.717) is 16.5 Å². The van der Waals surface area contributed by atoms with Crippen LogP contribution in [0.4, 0.5) is 4.39 Å². The van der Waals surface area contributed by atoms with Crippen molar-refractivity contribution in [1.82, 2.24) is 0 Å². The molecular weight excluding hydrogens is 462 g/mol. The molecule has 0 aromatic heterocycles. The Labute approximate surface area is 174 Å². The van der Waals surface area contributed by atoms with E-state index >= 15 is 0 Å². The Kier molecular flexibility index (Phi) is 7.65. The Hall–Kier alpha value is -1.63. The molecule has 0 spiro atoms. The SMILES string of the molecule is CC(=O)Oc1c(CC(CBr)OC(C)=O)cc(F)cc1-c1c(Cl)cccc1Cl. The van der Waals surface area contributed by atoms with Gasteiger partial charge in [0.25, 0.3) is 0 Å². The molecule has 0 aliphatic rings. The Morgan fingerprint density at radius 2 is 1.78 bits per heavy atom. The predicted octanol–water partition coefficient (Wildman–Crippen LogP) is 5.59. The van der Waals surface area contributed by atoms with Crippen molar-refractivity contribution in [2.75, 3.05) is 5.33 Å². The Bertz CT molecular complexity index is 853. The topological polar surface area (TPSA) is 52.6 Å². The van der Waals surface area contributed by atoms with Gasteiger partial charge in [0.1, 0.15) is 17.7 Å². The van der Waals surface area contributed by atoms with Gasteiger partial charge < -0.3 is 9.47 Å². The van der Waals surface area contributed by atoms with Gasteiger partial charge >= 0.3 is 11.9 Å². The van der Waals surface area contributed by atoms with Crippen molar-refractivity contribution >= 4 is 51.1 Å². The zero-order valence-electron chi connectivity index (χ0n) is 14.5. The van der Waals surface area contributed by atoms with Gasteiger partial charge in [-0.2, -0.15) is 0 Å². The van der Waals surface area contributed by atoms with Crippen LogP contribution in [-0.2, 0) is 20.7 Å². The highest BCUT2D eigenvalue weighted by Gasteiger charge is 2.23. The lowest BCUT2D eigenvalue weighted by Gasteiger charge is -2.19. The minimum atomic E-state index is -0.588. The summed E-state index contributed by atoms with van der Waals surface area (Å²) in [7, 11) is 0. The van der Waals surface area contributed by atoms with Crippen molar-refractivity contribution in [1.29, 1.82) is 0 Å². The van der Waals surface area contributed by atoms with Crippen LogP contribution in [0.2, 0.25) is 10.0 Å². The third-order valence-corrected chi connectivity index (χ3v) is 4.91. The molecule has 0 aliphatic heterocycles. The van der Waals surface area contributed by atoms with E-state index in [9.17, 15) is 14.0 Å². The second-order valence-corrected chi connectivity index (χ2v) is 7.18. The summed E-state index contributed by atoms with van der Waals surface area (Å²) in [5.74, 6) is -1.51. The summed E-state index contributed by atoms with van der Waals surface area (Å²) in [6, 6.07) is 7.28. The lowest BCUT2D eigenvalue weighted by Crippen LogP contribution is -2.21. The minimum absolute atomic E-state index is 0.122. The summed E-state index contributed by atoms with van der Waals surface area (Å²) in [5, 5.41) is 0.888. The van der Waals surface area contributed by atoms with Crippen molar-refractivity contribution in [2.24, 2.45) is 0 Å². The molecule has 2 aromatic carbocycles. The monoisotopic (exact) mass is 476 g/mol. The molecule has 0 saturated carbocycles. The van der Waals surface area contributed by atoms with Crippen LogP contribution in [0.25, 0.3) is 11.1 Å². The number of hydrogen-bond donors (Lipinski definition) is 0. The van der Waals surface area contributed by atoms with E-state index in [1.165, 1.54) is 26.0 Å². The average molecular weight is 478 g/mol. The van der Waals surface area contributed by atoms with Gasteiger partial charge in [0, 0.05) is 42.3 Å². The fraction of sp³-hybridized carbons (Fsp3) is 0.263. The highest BCUT2D eigenvalue weighted by atomic mass is 79.9. The molecule has 2 aromatic rings. The third-order valence-electron chi connectivity index (χ3n) is 3.56. The zero-order chi connectivity index (χ0) is 20.1. The second-order valence-electron chi connectivity index (χ2n) is 5.72. The lowest BCUT2D eigenvalue weighted by atomic mass is 9.98. The second kappa shape index (κ2) is 9.53. The van der Waals surface area contributed by atoms with Gasteiger partial charge in [-0.25, -0.2) is 4.39 Å². The number of esters is 2. The van der Waals surface area contributed by atoms with Gasteiger partial charge in [-0.15, -0.1) is 0 Å². The minimum Gasteiger partial charge on any atom is -0.461 e. The molecule has 8 heteroatoms. The van der Waals surface area contributed by atoms with Crippen LogP contribution in [0, 0.1) is 5.82 Å². The molecule has 27 heavy (non-hydrogen) atoms. The lowest BCUT2D eigenvalue weighted by molar-refractivity contribution is -0.145. The number of ether oxygens (including phenoxy) is 2. The van der Waals surface area contributed by atoms with E-state index in [4.69, 9.17) is 32.7 Å². The van der Waals surface area contributed by atoms with E-state index in [1.54, 1.807) is 18.2 Å². The third kappa shape index (κ3) is 5.67. The summed E-state index contributed by atoms with van der Waals surface area (Å²) in [5.41, 5.74) is 0.939. The van der Waals surface area contributed by atoms with E-state index in [0.717, 1.165) is 0 Å². The van der Waals surface area contributed by atoms with Gasteiger partial charge in [0.2, 0.25) is 0 Å². The molecule has 0 amide bonds. The van der Waals surface area contributed by atoms with Crippen LogP contribution < -0.4 is 4.74 Å². The van der Waals surface area contributed by atoms with Gasteiger partial charge in [-0.1, -0.05) is 45.2 Å². The Morgan fingerprint density at radius 3 is 2.30 bits per heavy atom. The molecule has 0 aliphatic carbocycles. The Balaban J connectivity index is 2.65. The zero-order valence-corrected chi connectivity index (χ0v) is 17.6. The number of hydrogen-bond acceptors (Lipinski definition) is 4. The van der Waals surface area contributed by atoms with E-state index in [2.05, 4.69) is 15.9 Å². The van der Waals surface area contributed by atoms with E-state index in [1.807, 2.05) is 0 Å². The molecule has 1 unspecified atom stereocenters. The van der Waals surface area contributed by atoms with Gasteiger partial charge in [0.15, 0.2) is 0 Å². The molecular formula is C19H16BrCl2FO4. The van der Waals surface area contributed by atoms with Crippen molar-refractivity contribution < 1.29 is 23.5 Å². The van der Waals surface area contributed by atoms with Crippen molar-refractivity contribution in [2.45, 2.75) is 26.4 Å². The van der Waals surface area contributed by atoms with Crippen LogP contribution in [-0.4, -0.2) is 23.4 Å². The molecule has 0 bridgehead atoms. The fourth-order valence-electron chi connectivity index (χ4n) is 2.61. The number of halogens is 4. The average Bonchev–Trinajstić information content (AvgIpc) is 2.56. The van der Waals surface area contributed by atoms with Crippen molar-refractivity contribution in [3.8, 4) is 16.9 Å². The summed E-state index contributed by atoms with van der Waals surface area (Å²) < 4.78 is 24.9. The molecule has 2 rings (SSSR count). The molecule has 0 saturated heterocycles. The predicted molar refractivity (Wildman–Crippen MR) is 106 cm³/mol. The van der Waals surface area contributed by atoms with Gasteiger partial charge in [-0.05, 0) is 24.3 Å². The number of carbonyl (C=O) groups is 2. The van der Waals surface area contributed by atoms with Crippen LogP contribution in [0.1, 0.15) is 19.4 Å². The molecule has 0 N–H and O–H groups in total. The first-order valence-electron chi connectivity index (χ1n) is 7.91. The maximum Gasteiger partial charge on any atom is 0.308 e. The van der Waals surface area contributed by atoms with Crippen LogP contribution in [0.15, 0.2) is 30.3 Å². The first-order valence-corrected chi connectivity index (χ1v) is 9.79. The van der Waals surface area contributed by atoms with E-state index in [-0.39, 0.29) is 27.8 Å². The number of benzene rings is 2. The van der Waals surface area contributed by atoms with Crippen LogP contribution in [0.5, 0.6) is 5.75 Å².